The van der Waals surface area contributed by atoms with Crippen molar-refractivity contribution in [3.63, 3.8) is 0 Å². The molecule has 0 saturated carbocycles. The molecule has 124 valence electrons. The smallest absolute Gasteiger partial charge is 0.261 e. The van der Waals surface area contributed by atoms with E-state index in [1.165, 1.54) is 18.3 Å². The first-order valence-electron chi connectivity index (χ1n) is 6.98. The Morgan fingerprint density at radius 2 is 1.92 bits per heavy atom. The molecule has 0 unspecified atom stereocenters. The predicted octanol–water partition coefficient (Wildman–Crippen LogP) is 3.52. The van der Waals surface area contributed by atoms with E-state index in [4.69, 9.17) is 11.6 Å². The number of rotatable bonds is 5. The van der Waals surface area contributed by atoms with Crippen LogP contribution in [0.1, 0.15) is 5.56 Å². The molecule has 0 spiro atoms. The minimum Gasteiger partial charge on any atom is -0.280 e. The van der Waals surface area contributed by atoms with Crippen molar-refractivity contribution in [1.29, 1.82) is 0 Å². The van der Waals surface area contributed by atoms with Crippen molar-refractivity contribution in [2.45, 2.75) is 11.4 Å². The van der Waals surface area contributed by atoms with Gasteiger partial charge in [-0.2, -0.15) is 5.10 Å². The average molecular weight is 366 g/mol. The van der Waals surface area contributed by atoms with Gasteiger partial charge in [-0.3, -0.25) is 9.40 Å². The minimum absolute atomic E-state index is 0.00633. The van der Waals surface area contributed by atoms with Gasteiger partial charge in [-0.1, -0.05) is 23.7 Å². The second kappa shape index (κ2) is 6.62. The van der Waals surface area contributed by atoms with Gasteiger partial charge in [0.25, 0.3) is 10.0 Å². The van der Waals surface area contributed by atoms with Crippen LogP contribution >= 0.6 is 11.6 Å². The molecule has 24 heavy (non-hydrogen) atoms. The summed E-state index contributed by atoms with van der Waals surface area (Å²) in [5, 5.41) is 4.61. The highest BCUT2D eigenvalue weighted by atomic mass is 35.5. The fourth-order valence-corrected chi connectivity index (χ4v) is 3.38. The van der Waals surface area contributed by atoms with E-state index in [-0.39, 0.29) is 4.90 Å². The molecule has 1 heterocycles. The lowest BCUT2D eigenvalue weighted by Gasteiger charge is -2.10. The van der Waals surface area contributed by atoms with Crippen LogP contribution in [0.2, 0.25) is 5.02 Å². The van der Waals surface area contributed by atoms with Crippen molar-refractivity contribution >= 4 is 27.3 Å². The summed E-state index contributed by atoms with van der Waals surface area (Å²) in [4.78, 5) is -0.00633. The summed E-state index contributed by atoms with van der Waals surface area (Å²) in [5.41, 5.74) is 1.27. The van der Waals surface area contributed by atoms with Gasteiger partial charge in [0.2, 0.25) is 0 Å². The fourth-order valence-electron chi connectivity index (χ4n) is 2.17. The van der Waals surface area contributed by atoms with E-state index in [0.29, 0.717) is 17.3 Å². The van der Waals surface area contributed by atoms with Crippen molar-refractivity contribution in [2.24, 2.45) is 0 Å². The van der Waals surface area contributed by atoms with E-state index in [1.54, 1.807) is 29.1 Å². The van der Waals surface area contributed by atoms with Gasteiger partial charge >= 0.3 is 0 Å². The first-order valence-corrected chi connectivity index (χ1v) is 8.84. The first kappa shape index (κ1) is 16.5. The Labute approximate surface area is 143 Å². The zero-order chi connectivity index (χ0) is 17.2. The highest BCUT2D eigenvalue weighted by Gasteiger charge is 2.14. The number of halogens is 2. The summed E-state index contributed by atoms with van der Waals surface area (Å²) in [7, 11) is -3.78. The molecule has 0 fully saturated rings. The molecule has 0 radical (unpaired) electrons. The zero-order valence-electron chi connectivity index (χ0n) is 12.4. The van der Waals surface area contributed by atoms with Gasteiger partial charge in [-0.05, 0) is 42.0 Å². The Bertz CT molecular complexity index is 955. The molecule has 0 atom stereocenters. The quantitative estimate of drug-likeness (QED) is 0.752. The first-order chi connectivity index (χ1) is 11.4. The van der Waals surface area contributed by atoms with Gasteiger partial charge in [0, 0.05) is 11.9 Å². The van der Waals surface area contributed by atoms with Crippen LogP contribution in [0, 0.1) is 5.82 Å². The number of aromatic nitrogens is 2. The third-order valence-electron chi connectivity index (χ3n) is 3.25. The summed E-state index contributed by atoms with van der Waals surface area (Å²) in [6.45, 7) is 0.457. The van der Waals surface area contributed by atoms with Gasteiger partial charge in [0.1, 0.15) is 5.82 Å². The number of nitrogens with zero attached hydrogens (tertiary/aromatic N) is 2. The van der Waals surface area contributed by atoms with Crippen LogP contribution in [0.25, 0.3) is 0 Å². The summed E-state index contributed by atoms with van der Waals surface area (Å²) in [6, 6.07) is 11.6. The van der Waals surface area contributed by atoms with Gasteiger partial charge in [-0.15, -0.1) is 0 Å². The molecule has 0 aliphatic rings. The molecule has 5 nitrogen and oxygen atoms in total. The lowest BCUT2D eigenvalue weighted by Crippen LogP contribution is -2.13. The molecule has 3 aromatic rings. The van der Waals surface area contributed by atoms with Crippen molar-refractivity contribution < 1.29 is 12.8 Å². The minimum atomic E-state index is -3.78. The molecule has 0 amide bonds. The van der Waals surface area contributed by atoms with Crippen LogP contribution in [0.3, 0.4) is 0 Å². The number of hydrogen-bond donors (Lipinski definition) is 1. The lowest BCUT2D eigenvalue weighted by molar-refractivity contribution is 0.599. The number of benzene rings is 2. The maximum absolute atomic E-state index is 12.9. The number of anilines is 1. The zero-order valence-corrected chi connectivity index (χ0v) is 13.9. The molecule has 2 aromatic carbocycles. The highest BCUT2D eigenvalue weighted by molar-refractivity contribution is 7.92. The molecule has 3 rings (SSSR count). The summed E-state index contributed by atoms with van der Waals surface area (Å²) >= 11 is 5.82. The largest absolute Gasteiger partial charge is 0.280 e. The van der Waals surface area contributed by atoms with Crippen LogP contribution in [0.5, 0.6) is 0 Å². The summed E-state index contributed by atoms with van der Waals surface area (Å²) in [6.07, 6.45) is 3.21. The molecule has 0 aliphatic carbocycles. The average Bonchev–Trinajstić information content (AvgIpc) is 2.92. The monoisotopic (exact) mass is 365 g/mol. The van der Waals surface area contributed by atoms with Gasteiger partial charge in [0.05, 0.1) is 22.7 Å². The summed E-state index contributed by atoms with van der Waals surface area (Å²) < 4.78 is 41.7. The van der Waals surface area contributed by atoms with E-state index >= 15 is 0 Å². The van der Waals surface area contributed by atoms with Gasteiger partial charge < -0.3 is 0 Å². The Morgan fingerprint density at radius 1 is 1.17 bits per heavy atom. The van der Waals surface area contributed by atoms with Crippen LogP contribution < -0.4 is 4.72 Å². The summed E-state index contributed by atoms with van der Waals surface area (Å²) in [5.74, 6) is -0.492. The second-order valence-electron chi connectivity index (χ2n) is 5.12. The van der Waals surface area contributed by atoms with Crippen LogP contribution in [0.15, 0.2) is 65.8 Å². The standard InChI is InChI=1S/C16H13ClFN3O2S/c17-13-9-19-21(11-13)10-12-2-1-3-15(8-12)20-24(22,23)16-6-4-14(18)5-7-16/h1-9,11,20H,10H2. The van der Waals surface area contributed by atoms with Crippen LogP contribution in [0.4, 0.5) is 10.1 Å². The number of sulfonamides is 1. The number of nitrogens with one attached hydrogen (secondary N) is 1. The highest BCUT2D eigenvalue weighted by Crippen LogP contribution is 2.18. The maximum atomic E-state index is 12.9. The Hall–Kier alpha value is -2.38. The van der Waals surface area contributed by atoms with Crippen LogP contribution in [-0.4, -0.2) is 18.2 Å². The fraction of sp³-hybridized carbons (Fsp3) is 0.0625. The van der Waals surface area contributed by atoms with Crippen molar-refractivity contribution in [3.05, 3.63) is 77.3 Å². The molecule has 1 N–H and O–H groups in total. The molecule has 1 aromatic heterocycles. The molecular formula is C16H13ClFN3O2S. The third-order valence-corrected chi connectivity index (χ3v) is 4.84. The van der Waals surface area contributed by atoms with Crippen molar-refractivity contribution in [3.8, 4) is 0 Å². The van der Waals surface area contributed by atoms with E-state index in [9.17, 15) is 12.8 Å². The van der Waals surface area contributed by atoms with Gasteiger partial charge in [-0.25, -0.2) is 12.8 Å². The maximum Gasteiger partial charge on any atom is 0.261 e. The molecule has 0 saturated heterocycles. The molecule has 8 heteroatoms. The van der Waals surface area contributed by atoms with Crippen molar-refractivity contribution in [1.82, 2.24) is 9.78 Å². The number of hydrogen-bond acceptors (Lipinski definition) is 3. The van der Waals surface area contributed by atoms with E-state index in [1.807, 2.05) is 6.07 Å². The normalized spacial score (nSPS) is 11.4. The Morgan fingerprint density at radius 3 is 2.58 bits per heavy atom. The Kier molecular flexibility index (Phi) is 4.55. The second-order valence-corrected chi connectivity index (χ2v) is 7.23. The van der Waals surface area contributed by atoms with Crippen LogP contribution in [-0.2, 0) is 16.6 Å². The topological polar surface area (TPSA) is 64.0 Å². The van der Waals surface area contributed by atoms with E-state index in [0.717, 1.165) is 17.7 Å². The van der Waals surface area contributed by atoms with E-state index in [2.05, 4.69) is 9.82 Å². The van der Waals surface area contributed by atoms with Crippen molar-refractivity contribution in [2.75, 3.05) is 4.72 Å². The Balaban J connectivity index is 1.80. The van der Waals surface area contributed by atoms with Gasteiger partial charge in [0.15, 0.2) is 0 Å². The molecule has 0 aliphatic heterocycles. The molecular weight excluding hydrogens is 353 g/mol. The lowest BCUT2D eigenvalue weighted by atomic mass is 10.2. The van der Waals surface area contributed by atoms with E-state index < -0.39 is 15.8 Å². The molecule has 0 bridgehead atoms. The third kappa shape index (κ3) is 3.93. The predicted molar refractivity (Wildman–Crippen MR) is 90.0 cm³/mol. The SMILES string of the molecule is O=S(=O)(Nc1cccc(Cn2cc(Cl)cn2)c1)c1ccc(F)cc1.